The van der Waals surface area contributed by atoms with Crippen molar-refractivity contribution in [1.82, 2.24) is 10.3 Å². The fourth-order valence-electron chi connectivity index (χ4n) is 3.83. The summed E-state index contributed by atoms with van der Waals surface area (Å²) in [5.74, 6) is 1.06. The van der Waals surface area contributed by atoms with E-state index >= 15 is 0 Å². The number of anilines is 1. The number of hydrogen-bond acceptors (Lipinski definition) is 5. The van der Waals surface area contributed by atoms with Crippen LogP contribution in [0.1, 0.15) is 37.4 Å². The minimum Gasteiger partial charge on any atom is -0.500 e. The number of benzene rings is 1. The van der Waals surface area contributed by atoms with Crippen LogP contribution in [-0.2, 0) is 16.0 Å². The SMILES string of the molecule is CCC1(C(N)=O)Cc2c(Oc3ccc(NC(=O)NC4CC4)c(Cl)c3)ccnc2C=C1OC. The zero-order valence-corrected chi connectivity index (χ0v) is 18.7. The Hall–Kier alpha value is -3.26. The third kappa shape index (κ3) is 4.23. The number of carbonyl (C=O) groups excluding carboxylic acids is 2. The van der Waals surface area contributed by atoms with E-state index in [1.54, 1.807) is 36.5 Å². The van der Waals surface area contributed by atoms with Crippen LogP contribution < -0.4 is 21.1 Å². The van der Waals surface area contributed by atoms with E-state index in [4.69, 9.17) is 26.8 Å². The smallest absolute Gasteiger partial charge is 0.319 e. The first-order valence-electron chi connectivity index (χ1n) is 10.4. The molecule has 0 saturated heterocycles. The quantitative estimate of drug-likeness (QED) is 0.576. The number of ether oxygens (including phenoxy) is 2. The minimum atomic E-state index is -0.969. The highest BCUT2D eigenvalue weighted by Gasteiger charge is 2.44. The largest absolute Gasteiger partial charge is 0.500 e. The summed E-state index contributed by atoms with van der Waals surface area (Å²) in [6, 6.07) is 6.72. The second-order valence-electron chi connectivity index (χ2n) is 7.98. The Morgan fingerprint density at radius 1 is 1.31 bits per heavy atom. The average Bonchev–Trinajstić information content (AvgIpc) is 3.58. The third-order valence-electron chi connectivity index (χ3n) is 5.89. The van der Waals surface area contributed by atoms with E-state index in [1.807, 2.05) is 6.92 Å². The van der Waals surface area contributed by atoms with Crippen molar-refractivity contribution < 1.29 is 19.1 Å². The molecule has 3 amide bonds. The lowest BCUT2D eigenvalue weighted by Crippen LogP contribution is -2.42. The highest BCUT2D eigenvalue weighted by atomic mass is 35.5. The summed E-state index contributed by atoms with van der Waals surface area (Å²) >= 11 is 6.36. The van der Waals surface area contributed by atoms with Crippen LogP contribution in [0.2, 0.25) is 5.02 Å². The molecule has 1 aromatic heterocycles. The van der Waals surface area contributed by atoms with Crippen molar-refractivity contribution in [3.63, 3.8) is 0 Å². The molecule has 1 unspecified atom stereocenters. The predicted octanol–water partition coefficient (Wildman–Crippen LogP) is 4.24. The van der Waals surface area contributed by atoms with Crippen molar-refractivity contribution in [2.24, 2.45) is 11.1 Å². The fraction of sp³-hybridized carbons (Fsp3) is 0.348. The Morgan fingerprint density at radius 3 is 2.72 bits per heavy atom. The molecule has 0 bridgehead atoms. The molecule has 0 radical (unpaired) electrons. The van der Waals surface area contributed by atoms with Crippen LogP contribution in [0.4, 0.5) is 10.5 Å². The topological polar surface area (TPSA) is 116 Å². The number of rotatable bonds is 7. The van der Waals surface area contributed by atoms with Crippen LogP contribution >= 0.6 is 11.6 Å². The molecule has 2 aliphatic carbocycles. The molecule has 9 heteroatoms. The van der Waals surface area contributed by atoms with Crippen molar-refractivity contribution in [1.29, 1.82) is 0 Å². The van der Waals surface area contributed by atoms with E-state index < -0.39 is 11.3 Å². The number of aromatic nitrogens is 1. The number of nitrogens with two attached hydrogens (primary N) is 1. The maximum Gasteiger partial charge on any atom is 0.319 e. The molecule has 2 aliphatic rings. The second-order valence-corrected chi connectivity index (χ2v) is 8.39. The van der Waals surface area contributed by atoms with Crippen LogP contribution in [0.25, 0.3) is 6.08 Å². The molecule has 0 spiro atoms. The van der Waals surface area contributed by atoms with Gasteiger partial charge in [0.25, 0.3) is 0 Å². The van der Waals surface area contributed by atoms with Crippen molar-refractivity contribution in [2.75, 3.05) is 12.4 Å². The molecule has 4 rings (SSSR count). The highest BCUT2D eigenvalue weighted by molar-refractivity contribution is 6.33. The third-order valence-corrected chi connectivity index (χ3v) is 6.20. The Morgan fingerprint density at radius 2 is 2.09 bits per heavy atom. The zero-order chi connectivity index (χ0) is 22.9. The van der Waals surface area contributed by atoms with Gasteiger partial charge < -0.3 is 25.8 Å². The summed E-state index contributed by atoms with van der Waals surface area (Å²) in [6.07, 6.45) is 6.15. The summed E-state index contributed by atoms with van der Waals surface area (Å²) < 4.78 is 11.6. The Labute approximate surface area is 191 Å². The number of fused-ring (bicyclic) bond motifs is 1. The van der Waals surface area contributed by atoms with E-state index in [2.05, 4.69) is 15.6 Å². The first kappa shape index (κ1) is 22.0. The van der Waals surface area contributed by atoms with Crippen molar-refractivity contribution in [3.05, 3.63) is 52.5 Å². The summed E-state index contributed by atoms with van der Waals surface area (Å²) in [5.41, 5.74) is 6.71. The lowest BCUT2D eigenvalue weighted by molar-refractivity contribution is -0.127. The maximum atomic E-state index is 12.4. The molecule has 32 heavy (non-hydrogen) atoms. The van der Waals surface area contributed by atoms with Gasteiger partial charge in [-0.1, -0.05) is 18.5 Å². The van der Waals surface area contributed by atoms with E-state index in [9.17, 15) is 9.59 Å². The van der Waals surface area contributed by atoms with Crippen molar-refractivity contribution in [2.45, 2.75) is 38.6 Å². The van der Waals surface area contributed by atoms with Gasteiger partial charge in [-0.3, -0.25) is 9.78 Å². The van der Waals surface area contributed by atoms with Gasteiger partial charge in [0.1, 0.15) is 22.7 Å². The van der Waals surface area contributed by atoms with E-state index in [0.717, 1.165) is 18.4 Å². The van der Waals surface area contributed by atoms with Gasteiger partial charge in [0.15, 0.2) is 0 Å². The number of nitrogens with zero attached hydrogens (tertiary/aromatic N) is 1. The first-order chi connectivity index (χ1) is 15.4. The molecule has 8 nitrogen and oxygen atoms in total. The van der Waals surface area contributed by atoms with Crippen LogP contribution in [0.15, 0.2) is 36.2 Å². The highest BCUT2D eigenvalue weighted by Crippen LogP contribution is 2.44. The van der Waals surface area contributed by atoms with E-state index in [0.29, 0.717) is 46.5 Å². The number of urea groups is 1. The van der Waals surface area contributed by atoms with E-state index in [-0.39, 0.29) is 12.1 Å². The van der Waals surface area contributed by atoms with Gasteiger partial charge in [0, 0.05) is 29.9 Å². The normalized spacial score (nSPS) is 19.4. The average molecular weight is 457 g/mol. The van der Waals surface area contributed by atoms with Gasteiger partial charge >= 0.3 is 6.03 Å². The van der Waals surface area contributed by atoms with Gasteiger partial charge in [0.05, 0.1) is 23.5 Å². The second kappa shape index (κ2) is 8.70. The summed E-state index contributed by atoms with van der Waals surface area (Å²) in [7, 11) is 1.52. The number of amides is 3. The molecule has 4 N–H and O–H groups in total. The number of primary amides is 1. The molecule has 1 saturated carbocycles. The maximum absolute atomic E-state index is 12.4. The van der Waals surface area contributed by atoms with Crippen LogP contribution in [0.3, 0.4) is 0 Å². The molecule has 1 heterocycles. The lowest BCUT2D eigenvalue weighted by Gasteiger charge is -2.35. The van der Waals surface area contributed by atoms with Gasteiger partial charge in [-0.15, -0.1) is 0 Å². The molecule has 0 aliphatic heterocycles. The number of methoxy groups -OCH3 is 1. The lowest BCUT2D eigenvalue weighted by atomic mass is 9.73. The molecule has 168 valence electrons. The summed E-state index contributed by atoms with van der Waals surface area (Å²) in [4.78, 5) is 28.8. The Bertz CT molecular complexity index is 1100. The van der Waals surface area contributed by atoms with Crippen LogP contribution in [0, 0.1) is 5.41 Å². The van der Waals surface area contributed by atoms with E-state index in [1.165, 1.54) is 7.11 Å². The van der Waals surface area contributed by atoms with Gasteiger partial charge in [-0.2, -0.15) is 0 Å². The first-order valence-corrected chi connectivity index (χ1v) is 10.8. The molecule has 1 fully saturated rings. The number of nitrogens with one attached hydrogen (secondary N) is 2. The molecule has 1 aromatic carbocycles. The van der Waals surface area contributed by atoms with Crippen molar-refractivity contribution >= 4 is 35.3 Å². The molecular formula is C23H25ClN4O4. The molecular weight excluding hydrogens is 432 g/mol. The summed E-state index contributed by atoms with van der Waals surface area (Å²) in [5, 5.41) is 5.94. The Balaban J connectivity index is 1.59. The van der Waals surface area contributed by atoms with Gasteiger partial charge in [-0.05, 0) is 43.9 Å². The number of pyridine rings is 1. The van der Waals surface area contributed by atoms with Gasteiger partial charge in [-0.25, -0.2) is 4.79 Å². The van der Waals surface area contributed by atoms with Crippen LogP contribution in [-0.4, -0.2) is 30.1 Å². The zero-order valence-electron chi connectivity index (χ0n) is 17.9. The molecule has 1 atom stereocenters. The monoisotopic (exact) mass is 456 g/mol. The summed E-state index contributed by atoms with van der Waals surface area (Å²) in [6.45, 7) is 1.89. The number of hydrogen-bond donors (Lipinski definition) is 3. The van der Waals surface area contributed by atoms with Gasteiger partial charge in [0.2, 0.25) is 5.91 Å². The molecule has 2 aromatic rings. The minimum absolute atomic E-state index is 0.248. The standard InChI is InChI=1S/C23H25ClN4O4/c1-3-23(21(25)29)12-15-18(11-20(23)31-2)26-9-8-19(15)32-14-6-7-17(16(24)10-14)28-22(30)27-13-4-5-13/h6-11,13H,3-5,12H2,1-2H3,(H2,25,29)(H2,27,28,30). The predicted molar refractivity (Wildman–Crippen MR) is 122 cm³/mol. The fourth-order valence-corrected chi connectivity index (χ4v) is 4.05. The number of carbonyl (C=O) groups is 2. The van der Waals surface area contributed by atoms with Crippen LogP contribution in [0.5, 0.6) is 11.5 Å². The Kier molecular flexibility index (Phi) is 5.97. The van der Waals surface area contributed by atoms with Crippen molar-refractivity contribution in [3.8, 4) is 11.5 Å². The number of halogens is 1.